The van der Waals surface area contributed by atoms with E-state index in [1.54, 1.807) is 42.5 Å². The molecule has 4 nitrogen and oxygen atoms in total. The molecule has 0 saturated heterocycles. The van der Waals surface area contributed by atoms with Crippen molar-refractivity contribution in [3.05, 3.63) is 71.8 Å². The average molecular weight is 398 g/mol. The molecule has 3 rings (SSSR count). The second-order valence-electron chi connectivity index (χ2n) is 7.23. The van der Waals surface area contributed by atoms with Gasteiger partial charge in [-0.1, -0.05) is 38.1 Å². The minimum atomic E-state index is -0.977. The Kier molecular flexibility index (Phi) is 6.22. The molecule has 0 bridgehead atoms. The highest BCUT2D eigenvalue weighted by Gasteiger charge is 2.16. The number of anilines is 2. The highest BCUT2D eigenvalue weighted by Crippen LogP contribution is 2.30. The first-order chi connectivity index (χ1) is 13.8. The van der Waals surface area contributed by atoms with E-state index >= 15 is 0 Å². The first-order valence-corrected chi connectivity index (χ1v) is 9.33. The molecule has 0 amide bonds. The molecule has 3 aromatic rings. The zero-order valence-electron chi connectivity index (χ0n) is 16.4. The lowest BCUT2D eigenvalue weighted by Crippen LogP contribution is -2.06. The van der Waals surface area contributed by atoms with Crippen molar-refractivity contribution in [3.63, 3.8) is 0 Å². The van der Waals surface area contributed by atoms with Crippen molar-refractivity contribution in [2.45, 2.75) is 20.5 Å². The molecule has 0 aliphatic rings. The smallest absolute Gasteiger partial charge is 0.201 e. The van der Waals surface area contributed by atoms with Crippen LogP contribution in [0, 0.1) is 17.6 Å². The molecule has 0 heterocycles. The summed E-state index contributed by atoms with van der Waals surface area (Å²) >= 11 is 0. The van der Waals surface area contributed by atoms with E-state index in [4.69, 9.17) is 20.9 Å². The quantitative estimate of drug-likeness (QED) is 0.522. The van der Waals surface area contributed by atoms with Crippen molar-refractivity contribution in [2.24, 2.45) is 5.92 Å². The van der Waals surface area contributed by atoms with E-state index in [9.17, 15) is 8.78 Å². The molecule has 0 aromatic heterocycles. The minimum Gasteiger partial charge on any atom is -0.490 e. The highest BCUT2D eigenvalue weighted by atomic mass is 19.2. The van der Waals surface area contributed by atoms with Crippen LogP contribution in [0.15, 0.2) is 54.6 Å². The van der Waals surface area contributed by atoms with Crippen LogP contribution >= 0.6 is 0 Å². The van der Waals surface area contributed by atoms with Crippen LogP contribution in [0.4, 0.5) is 20.2 Å². The Morgan fingerprint density at radius 2 is 1.52 bits per heavy atom. The van der Waals surface area contributed by atoms with Crippen LogP contribution in [0.2, 0.25) is 0 Å². The number of hydrogen-bond donors (Lipinski definition) is 2. The van der Waals surface area contributed by atoms with Gasteiger partial charge in [0.1, 0.15) is 12.4 Å². The molecule has 6 heteroatoms. The molecule has 29 heavy (non-hydrogen) atoms. The van der Waals surface area contributed by atoms with Gasteiger partial charge >= 0.3 is 0 Å². The SMILES string of the molecule is CC(C)COc1ccc(-c2ccc(COc3ccc(N)cc3N)cc2)c(F)c1F. The molecule has 0 atom stereocenters. The maximum absolute atomic E-state index is 14.5. The van der Waals surface area contributed by atoms with E-state index < -0.39 is 11.6 Å². The Bertz CT molecular complexity index is 989. The lowest BCUT2D eigenvalue weighted by molar-refractivity contribution is 0.255. The lowest BCUT2D eigenvalue weighted by Gasteiger charge is -2.12. The molecule has 4 N–H and O–H groups in total. The third kappa shape index (κ3) is 4.96. The Labute approximate surface area is 169 Å². The molecule has 0 spiro atoms. The van der Waals surface area contributed by atoms with E-state index in [1.165, 1.54) is 12.1 Å². The Hall–Kier alpha value is -3.28. The molecule has 0 aliphatic carbocycles. The van der Waals surface area contributed by atoms with Crippen LogP contribution in [0.25, 0.3) is 11.1 Å². The molecule has 3 aromatic carbocycles. The molecule has 0 saturated carbocycles. The van der Waals surface area contributed by atoms with Crippen molar-refractivity contribution in [1.29, 1.82) is 0 Å². The van der Waals surface area contributed by atoms with Gasteiger partial charge in [-0.05, 0) is 47.4 Å². The van der Waals surface area contributed by atoms with Gasteiger partial charge in [-0.3, -0.25) is 0 Å². The normalized spacial score (nSPS) is 10.9. The maximum atomic E-state index is 14.5. The number of benzene rings is 3. The summed E-state index contributed by atoms with van der Waals surface area (Å²) in [5.74, 6) is -1.23. The summed E-state index contributed by atoms with van der Waals surface area (Å²) < 4.78 is 39.9. The van der Waals surface area contributed by atoms with Crippen LogP contribution in [-0.2, 0) is 6.61 Å². The third-order valence-electron chi connectivity index (χ3n) is 4.31. The molecule has 0 radical (unpaired) electrons. The first kappa shape index (κ1) is 20.5. The first-order valence-electron chi connectivity index (χ1n) is 9.33. The maximum Gasteiger partial charge on any atom is 0.201 e. The number of ether oxygens (including phenoxy) is 2. The van der Waals surface area contributed by atoms with Crippen LogP contribution in [0.5, 0.6) is 11.5 Å². The van der Waals surface area contributed by atoms with Gasteiger partial charge < -0.3 is 20.9 Å². The zero-order chi connectivity index (χ0) is 21.0. The van der Waals surface area contributed by atoms with Crippen LogP contribution in [-0.4, -0.2) is 6.61 Å². The third-order valence-corrected chi connectivity index (χ3v) is 4.31. The van der Waals surface area contributed by atoms with Crippen LogP contribution in [0.3, 0.4) is 0 Å². The van der Waals surface area contributed by atoms with Crippen molar-refractivity contribution < 1.29 is 18.3 Å². The fourth-order valence-electron chi connectivity index (χ4n) is 2.76. The van der Waals surface area contributed by atoms with E-state index in [0.717, 1.165) is 5.56 Å². The minimum absolute atomic E-state index is 0.0777. The van der Waals surface area contributed by atoms with Gasteiger partial charge in [0.2, 0.25) is 5.82 Å². The Balaban J connectivity index is 1.72. The van der Waals surface area contributed by atoms with E-state index in [2.05, 4.69) is 0 Å². The largest absolute Gasteiger partial charge is 0.490 e. The van der Waals surface area contributed by atoms with Gasteiger partial charge in [-0.2, -0.15) is 4.39 Å². The zero-order valence-corrected chi connectivity index (χ0v) is 16.4. The lowest BCUT2D eigenvalue weighted by atomic mass is 10.0. The summed E-state index contributed by atoms with van der Waals surface area (Å²) in [7, 11) is 0. The summed E-state index contributed by atoms with van der Waals surface area (Å²) in [5, 5.41) is 0. The number of rotatable bonds is 7. The topological polar surface area (TPSA) is 70.5 Å². The second-order valence-corrected chi connectivity index (χ2v) is 7.23. The predicted molar refractivity (Wildman–Crippen MR) is 112 cm³/mol. The van der Waals surface area contributed by atoms with Crippen LogP contribution < -0.4 is 20.9 Å². The molecule has 0 unspecified atom stereocenters. The van der Waals surface area contributed by atoms with Crippen molar-refractivity contribution in [3.8, 4) is 22.6 Å². The van der Waals surface area contributed by atoms with E-state index in [1.807, 2.05) is 13.8 Å². The van der Waals surface area contributed by atoms with Gasteiger partial charge in [0.05, 0.1) is 12.3 Å². The van der Waals surface area contributed by atoms with Crippen molar-refractivity contribution in [1.82, 2.24) is 0 Å². The summed E-state index contributed by atoms with van der Waals surface area (Å²) in [4.78, 5) is 0. The predicted octanol–water partition coefficient (Wildman–Crippen LogP) is 5.41. The second kappa shape index (κ2) is 8.82. The van der Waals surface area contributed by atoms with E-state index in [0.29, 0.717) is 29.3 Å². The highest BCUT2D eigenvalue weighted by molar-refractivity contribution is 5.65. The van der Waals surface area contributed by atoms with E-state index in [-0.39, 0.29) is 23.8 Å². The average Bonchev–Trinajstić information content (AvgIpc) is 2.69. The number of nitrogens with two attached hydrogens (primary N) is 2. The van der Waals surface area contributed by atoms with Gasteiger partial charge in [-0.15, -0.1) is 0 Å². The molecule has 0 aliphatic heterocycles. The van der Waals surface area contributed by atoms with Crippen molar-refractivity contribution >= 4 is 11.4 Å². The fourth-order valence-corrected chi connectivity index (χ4v) is 2.76. The van der Waals surface area contributed by atoms with Crippen LogP contribution in [0.1, 0.15) is 19.4 Å². The molecular formula is C23H24F2N2O2. The van der Waals surface area contributed by atoms with Gasteiger partial charge in [0.25, 0.3) is 0 Å². The Morgan fingerprint density at radius 3 is 2.17 bits per heavy atom. The number of hydrogen-bond acceptors (Lipinski definition) is 4. The van der Waals surface area contributed by atoms with Gasteiger partial charge in [0, 0.05) is 11.3 Å². The number of nitrogen functional groups attached to an aromatic ring is 2. The van der Waals surface area contributed by atoms with Crippen molar-refractivity contribution in [2.75, 3.05) is 18.1 Å². The summed E-state index contributed by atoms with van der Waals surface area (Å²) in [6, 6.07) is 15.1. The number of halogens is 2. The summed E-state index contributed by atoms with van der Waals surface area (Å²) in [6.07, 6.45) is 0. The molecule has 0 fully saturated rings. The Morgan fingerprint density at radius 1 is 0.828 bits per heavy atom. The standard InChI is InChI=1S/C23H24F2N2O2/c1-14(2)12-28-21-10-8-18(22(24)23(21)25)16-5-3-15(4-6-16)13-29-20-9-7-17(26)11-19(20)27/h3-11,14H,12-13,26-27H2,1-2H3. The monoisotopic (exact) mass is 398 g/mol. The summed E-state index contributed by atoms with van der Waals surface area (Å²) in [6.45, 7) is 4.49. The molecular weight excluding hydrogens is 374 g/mol. The van der Waals surface area contributed by atoms with Gasteiger partial charge in [-0.25, -0.2) is 4.39 Å². The van der Waals surface area contributed by atoms with Gasteiger partial charge in [0.15, 0.2) is 11.6 Å². The fraction of sp³-hybridized carbons (Fsp3) is 0.217. The summed E-state index contributed by atoms with van der Waals surface area (Å²) in [5.41, 5.74) is 14.2. The molecule has 152 valence electrons.